The van der Waals surface area contributed by atoms with Crippen LogP contribution >= 0.6 is 0 Å². The van der Waals surface area contributed by atoms with E-state index < -0.39 is 11.5 Å². The van der Waals surface area contributed by atoms with Crippen LogP contribution in [0.3, 0.4) is 0 Å². The lowest BCUT2D eigenvalue weighted by molar-refractivity contribution is -0.252. The van der Waals surface area contributed by atoms with Gasteiger partial charge < -0.3 is 9.47 Å². The quantitative estimate of drug-likeness (QED) is 0.225. The second-order valence-electron chi connectivity index (χ2n) is 10.3. The number of Topliss-reactive ketones (excluding diaryl/α,β-unsaturated/α-hetero) is 1. The van der Waals surface area contributed by atoms with Gasteiger partial charge >= 0.3 is 5.97 Å². The van der Waals surface area contributed by atoms with E-state index in [9.17, 15) is 18.4 Å². The van der Waals surface area contributed by atoms with Gasteiger partial charge in [0.25, 0.3) is 5.92 Å². The summed E-state index contributed by atoms with van der Waals surface area (Å²) >= 11 is 0. The van der Waals surface area contributed by atoms with Gasteiger partial charge in [0.15, 0.2) is 0 Å². The second kappa shape index (κ2) is 12.2. The molecule has 1 aromatic rings. The third-order valence-electron chi connectivity index (χ3n) is 7.68. The van der Waals surface area contributed by atoms with E-state index in [1.165, 1.54) is 6.92 Å². The summed E-state index contributed by atoms with van der Waals surface area (Å²) < 4.78 is 40.9. The Bertz CT molecular complexity index is 797. The highest BCUT2D eigenvalue weighted by Crippen LogP contribution is 2.50. The van der Waals surface area contributed by atoms with Crippen LogP contribution in [0.4, 0.5) is 8.78 Å². The van der Waals surface area contributed by atoms with Crippen LogP contribution in [0.1, 0.15) is 96.5 Å². The lowest BCUT2D eigenvalue weighted by atomic mass is 9.78. The smallest absolute Gasteiger partial charge is 0.306 e. The standard InChI is InChI=1S/C28H40F2O4/c1-3-4-17-28(29,30)27(2)18-16-23-22(24(31)19-25(23)34-27)14-10-5-6-11-15-26(32)33-20-21-12-8-7-9-13-21/h7-9,12-13,22-23,25H,3-6,10-11,14-20H2,1-2H3/t22?,23-,25?,27-/m1/s1. The highest BCUT2D eigenvalue weighted by atomic mass is 19.3. The Labute approximate surface area is 202 Å². The number of benzene rings is 1. The molecule has 2 fully saturated rings. The van der Waals surface area contributed by atoms with Crippen molar-refractivity contribution >= 4 is 11.8 Å². The molecule has 1 heterocycles. The van der Waals surface area contributed by atoms with Gasteiger partial charge in [-0.3, -0.25) is 9.59 Å². The Kier molecular flexibility index (Phi) is 9.64. The molecular weight excluding hydrogens is 438 g/mol. The molecule has 1 saturated heterocycles. The van der Waals surface area contributed by atoms with Gasteiger partial charge in [-0.15, -0.1) is 0 Å². The van der Waals surface area contributed by atoms with Crippen LogP contribution in [0.25, 0.3) is 0 Å². The predicted octanol–water partition coefficient (Wildman–Crippen LogP) is 7.04. The summed E-state index contributed by atoms with van der Waals surface area (Å²) in [6, 6.07) is 9.62. The number of alkyl halides is 2. The van der Waals surface area contributed by atoms with Crippen LogP contribution in [0.15, 0.2) is 30.3 Å². The zero-order valence-electron chi connectivity index (χ0n) is 20.7. The first kappa shape index (κ1) is 26.8. The van der Waals surface area contributed by atoms with Gasteiger partial charge in [0, 0.05) is 25.2 Å². The molecule has 1 saturated carbocycles. The van der Waals surface area contributed by atoms with Gasteiger partial charge in [-0.2, -0.15) is 0 Å². The third kappa shape index (κ3) is 6.87. The number of fused-ring (bicyclic) bond motifs is 1. The van der Waals surface area contributed by atoms with Crippen molar-refractivity contribution in [1.29, 1.82) is 0 Å². The van der Waals surface area contributed by atoms with Gasteiger partial charge in [0.05, 0.1) is 6.10 Å². The monoisotopic (exact) mass is 478 g/mol. The van der Waals surface area contributed by atoms with Crippen LogP contribution in [0.5, 0.6) is 0 Å². The number of unbranched alkanes of at least 4 members (excludes halogenated alkanes) is 4. The normalized spacial score (nSPS) is 26.9. The SMILES string of the molecule is CCCCC(F)(F)[C@@]1(C)CC[C@H]2C(CC(=O)C2CCCCCCC(=O)OCc2ccccc2)O1. The summed E-state index contributed by atoms with van der Waals surface area (Å²) in [5.74, 6) is -2.89. The number of halogens is 2. The Hall–Kier alpha value is -1.82. The molecule has 1 aliphatic carbocycles. The average Bonchev–Trinajstić information content (AvgIpc) is 3.12. The summed E-state index contributed by atoms with van der Waals surface area (Å²) in [7, 11) is 0. The summed E-state index contributed by atoms with van der Waals surface area (Å²) in [6.07, 6.45) is 6.60. The topological polar surface area (TPSA) is 52.6 Å². The van der Waals surface area contributed by atoms with Crippen molar-refractivity contribution in [2.24, 2.45) is 11.8 Å². The molecule has 34 heavy (non-hydrogen) atoms. The molecule has 0 spiro atoms. The fraction of sp³-hybridized carbons (Fsp3) is 0.714. The van der Waals surface area contributed by atoms with Crippen LogP contribution < -0.4 is 0 Å². The number of carbonyl (C=O) groups excluding carboxylic acids is 2. The lowest BCUT2D eigenvalue weighted by Crippen LogP contribution is -2.53. The molecule has 190 valence electrons. The minimum atomic E-state index is -2.86. The first-order valence-corrected chi connectivity index (χ1v) is 13.0. The maximum absolute atomic E-state index is 14.8. The highest BCUT2D eigenvalue weighted by molar-refractivity contribution is 5.84. The summed E-state index contributed by atoms with van der Waals surface area (Å²) in [5, 5.41) is 0. The number of hydrogen-bond acceptors (Lipinski definition) is 4. The Morgan fingerprint density at radius 2 is 1.88 bits per heavy atom. The van der Waals surface area contributed by atoms with Crippen molar-refractivity contribution in [3.63, 3.8) is 0 Å². The zero-order valence-corrected chi connectivity index (χ0v) is 20.7. The largest absolute Gasteiger partial charge is 0.461 e. The molecule has 4 atom stereocenters. The molecular formula is C28H40F2O4. The van der Waals surface area contributed by atoms with Gasteiger partial charge in [0.1, 0.15) is 18.0 Å². The number of ketones is 1. The van der Waals surface area contributed by atoms with Gasteiger partial charge in [-0.25, -0.2) is 8.78 Å². The number of esters is 1. The van der Waals surface area contributed by atoms with Crippen LogP contribution in [-0.4, -0.2) is 29.4 Å². The minimum Gasteiger partial charge on any atom is -0.461 e. The van der Waals surface area contributed by atoms with Crippen molar-refractivity contribution in [2.75, 3.05) is 0 Å². The maximum atomic E-state index is 14.8. The van der Waals surface area contributed by atoms with Crippen molar-refractivity contribution in [1.82, 2.24) is 0 Å². The van der Waals surface area contributed by atoms with E-state index in [4.69, 9.17) is 9.47 Å². The van der Waals surface area contributed by atoms with Crippen molar-refractivity contribution in [3.8, 4) is 0 Å². The van der Waals surface area contributed by atoms with E-state index in [1.54, 1.807) is 0 Å². The van der Waals surface area contributed by atoms with E-state index in [0.29, 0.717) is 32.3 Å². The van der Waals surface area contributed by atoms with Crippen LogP contribution in [-0.2, 0) is 25.7 Å². The fourth-order valence-corrected chi connectivity index (χ4v) is 5.45. The van der Waals surface area contributed by atoms with Gasteiger partial charge in [0.2, 0.25) is 0 Å². The summed E-state index contributed by atoms with van der Waals surface area (Å²) in [4.78, 5) is 24.5. The van der Waals surface area contributed by atoms with E-state index in [2.05, 4.69) is 0 Å². The van der Waals surface area contributed by atoms with Crippen molar-refractivity contribution in [3.05, 3.63) is 35.9 Å². The van der Waals surface area contributed by atoms with E-state index in [1.807, 2.05) is 37.3 Å². The molecule has 6 heteroatoms. The molecule has 0 N–H and O–H groups in total. The third-order valence-corrected chi connectivity index (χ3v) is 7.68. The Morgan fingerprint density at radius 3 is 2.62 bits per heavy atom. The molecule has 0 bridgehead atoms. The molecule has 3 rings (SSSR count). The number of rotatable bonds is 13. The summed E-state index contributed by atoms with van der Waals surface area (Å²) in [5.41, 5.74) is -0.486. The van der Waals surface area contributed by atoms with Gasteiger partial charge in [-0.05, 0) is 50.5 Å². The second-order valence-corrected chi connectivity index (χ2v) is 10.3. The minimum absolute atomic E-state index is 0.0653. The Morgan fingerprint density at radius 1 is 1.15 bits per heavy atom. The fourth-order valence-electron chi connectivity index (χ4n) is 5.45. The highest BCUT2D eigenvalue weighted by Gasteiger charge is 2.57. The Balaban J connectivity index is 1.34. The van der Waals surface area contributed by atoms with Crippen molar-refractivity contribution < 1.29 is 27.8 Å². The number of carbonyl (C=O) groups is 2. The average molecular weight is 479 g/mol. The number of ether oxygens (including phenoxy) is 2. The molecule has 4 nitrogen and oxygen atoms in total. The lowest BCUT2D eigenvalue weighted by Gasteiger charge is -2.45. The zero-order chi connectivity index (χ0) is 24.6. The van der Waals surface area contributed by atoms with E-state index in [-0.39, 0.29) is 42.5 Å². The first-order chi connectivity index (χ1) is 16.3. The van der Waals surface area contributed by atoms with Crippen LogP contribution in [0, 0.1) is 11.8 Å². The first-order valence-electron chi connectivity index (χ1n) is 13.0. The van der Waals surface area contributed by atoms with Crippen molar-refractivity contribution in [2.45, 2.75) is 115 Å². The molecule has 1 aliphatic heterocycles. The molecule has 0 amide bonds. The van der Waals surface area contributed by atoms with E-state index in [0.717, 1.165) is 44.1 Å². The molecule has 2 unspecified atom stereocenters. The molecule has 2 aliphatic rings. The van der Waals surface area contributed by atoms with E-state index >= 15 is 0 Å². The van der Waals surface area contributed by atoms with Crippen LogP contribution in [0.2, 0.25) is 0 Å². The molecule has 1 aromatic carbocycles. The maximum Gasteiger partial charge on any atom is 0.306 e. The van der Waals surface area contributed by atoms with Gasteiger partial charge in [-0.1, -0.05) is 62.9 Å². The molecule has 0 radical (unpaired) electrons. The number of hydrogen-bond donors (Lipinski definition) is 0. The predicted molar refractivity (Wildman–Crippen MR) is 128 cm³/mol. The summed E-state index contributed by atoms with van der Waals surface area (Å²) in [6.45, 7) is 3.74. The molecule has 0 aromatic heterocycles.